The molecule has 0 aliphatic heterocycles. The zero-order chi connectivity index (χ0) is 92.7. The van der Waals surface area contributed by atoms with E-state index >= 15 is 0 Å². The van der Waals surface area contributed by atoms with Crippen LogP contribution in [0, 0.1) is 0 Å². The molecule has 0 saturated carbocycles. The molecule has 654 valence electrons. The molecule has 0 atom stereocenters. The fourth-order valence-corrected chi connectivity index (χ4v) is 24.9. The Bertz CT molecular complexity index is 10100. The third-order valence-corrected chi connectivity index (χ3v) is 31.5. The third kappa shape index (κ3) is 13.9. The van der Waals surface area contributed by atoms with Crippen LogP contribution in [0.25, 0.3) is 293 Å². The van der Waals surface area contributed by atoms with Gasteiger partial charge in [0.25, 0.3) is 0 Å². The van der Waals surface area contributed by atoms with Gasteiger partial charge in [-0.3, -0.25) is 4.98 Å². The van der Waals surface area contributed by atoms with Crippen LogP contribution in [0.4, 0.5) is 0 Å². The van der Waals surface area contributed by atoms with Crippen molar-refractivity contribution in [1.82, 2.24) is 15.0 Å². The molecule has 0 spiro atoms. The van der Waals surface area contributed by atoms with E-state index in [0.29, 0.717) is 5.71 Å². The average molecular weight is 1860 g/mol. The van der Waals surface area contributed by atoms with E-state index in [1.165, 1.54) is 221 Å². The number of hydrogen-bond acceptors (Lipinski definition) is 5. The molecule has 6 aromatic heterocycles. The molecule has 30 aromatic rings. The van der Waals surface area contributed by atoms with E-state index in [2.05, 4.69) is 443 Å². The molecular formula is C135H81N3O2Se. The zero-order valence-electron chi connectivity index (χ0n) is 76.3. The Morgan fingerprint density at radius 2 is 0.468 bits per heavy atom. The van der Waals surface area contributed by atoms with Gasteiger partial charge in [-0.25, -0.2) is 4.98 Å². The summed E-state index contributed by atoms with van der Waals surface area (Å²) in [5.74, 6) is 0. The third-order valence-electron chi connectivity index (χ3n) is 29.0. The topological polar surface area (TPSA) is 65.0 Å². The number of pyridine rings is 3. The van der Waals surface area contributed by atoms with E-state index in [1.807, 2.05) is 48.8 Å². The van der Waals surface area contributed by atoms with Crippen LogP contribution >= 0.6 is 0 Å². The van der Waals surface area contributed by atoms with Gasteiger partial charge >= 0.3 is 273 Å². The minimum atomic E-state index is 0.214. The monoisotopic (exact) mass is 1860 g/mol. The van der Waals surface area contributed by atoms with Gasteiger partial charge in [0, 0.05) is 44.9 Å². The average Bonchev–Trinajstić information content (AvgIpc) is 1.11. The SMILES string of the molecule is c1ccc2cc(-c3c4ccccc4c(-c4ccc5ccccc5c4)c4cc(-c5cc6oc7ccccc7c6cn5)ccc34)ccc2c1.c1ccc2cc(-c3c4ccccc4c(-c4ccc5ccccc5c4)c4cc(-c5ccc6c(n5)oc5ccccc56)ccc34)ccc2c1.c1ccc2cc(-c3c4ccccc4c(-c4ccc5ccccc5c4)c4cc(-c5nccc6c5[se]c5ccccc56)ccc34)ccc2c1. The van der Waals surface area contributed by atoms with E-state index in [1.54, 1.807) is 0 Å². The summed E-state index contributed by atoms with van der Waals surface area (Å²) < 4.78 is 15.3. The van der Waals surface area contributed by atoms with Gasteiger partial charge in [-0.2, -0.15) is 0 Å². The molecule has 0 bridgehead atoms. The van der Waals surface area contributed by atoms with Crippen molar-refractivity contribution >= 4 is 207 Å². The molecule has 141 heavy (non-hydrogen) atoms. The predicted molar refractivity (Wildman–Crippen MR) is 598 cm³/mol. The van der Waals surface area contributed by atoms with Crippen LogP contribution in [-0.4, -0.2) is 29.5 Å². The second kappa shape index (κ2) is 33.5. The quantitative estimate of drug-likeness (QED) is 0.106. The molecular weight excluding hydrogens is 1770 g/mol. The van der Waals surface area contributed by atoms with Gasteiger partial charge in [0.2, 0.25) is 5.71 Å². The number of aromatic nitrogens is 3. The predicted octanol–water partition coefficient (Wildman–Crippen LogP) is 37.2. The summed E-state index contributed by atoms with van der Waals surface area (Å²) in [6.07, 6.45) is 3.94. The van der Waals surface area contributed by atoms with E-state index in [0.717, 1.165) is 66.5 Å². The van der Waals surface area contributed by atoms with Crippen LogP contribution in [0.5, 0.6) is 0 Å². The second-order valence-electron chi connectivity index (χ2n) is 37.0. The Morgan fingerprint density at radius 3 is 0.872 bits per heavy atom. The van der Waals surface area contributed by atoms with Crippen molar-refractivity contribution in [2.24, 2.45) is 0 Å². The van der Waals surface area contributed by atoms with Crippen molar-refractivity contribution in [3.8, 4) is 101 Å². The Morgan fingerprint density at radius 1 is 0.170 bits per heavy atom. The molecule has 0 aliphatic carbocycles. The van der Waals surface area contributed by atoms with Crippen LogP contribution < -0.4 is 0 Å². The molecule has 0 amide bonds. The van der Waals surface area contributed by atoms with Gasteiger partial charge in [0.15, 0.2) is 0 Å². The summed E-state index contributed by atoms with van der Waals surface area (Å²) in [6, 6.07) is 174. The number of furan rings is 2. The van der Waals surface area contributed by atoms with Crippen LogP contribution in [0.3, 0.4) is 0 Å². The molecule has 6 heteroatoms. The van der Waals surface area contributed by atoms with Crippen LogP contribution in [0.15, 0.2) is 500 Å². The number of rotatable bonds is 9. The Balaban J connectivity index is 0.000000104. The summed E-state index contributed by atoms with van der Waals surface area (Å²) >= 11 is 0.214. The standard InChI is InChI=1S/2C45H27NO.C45H27NSe/c1-3-11-30-23-33(19-17-28(30)9-1)44-36-14-5-6-15-37(36)45(34-20-18-29-10-2-4-12-31(29)24-34)39-25-32(21-22-38(39)44)41-26-43-40(27-46-41)35-13-7-8-16-42(35)47-43;1-3-11-30-25-33(19-17-28(30)9-1)43-36-14-5-6-15-37(36)44(34-20-18-29-10-2-4-12-31(29)26-34)40-27-32(21-22-38(40)43)41-24-23-39-35-13-7-8-16-42(35)47-45(39)46-41;1-3-11-30-25-32(19-17-28(30)9-1)42-36-14-5-6-15-37(36)43(33-20-18-29-10-2-4-12-31(29)26-33)40-27-34(21-22-38(40)42)44-45-39(23-24-46-44)35-13-7-8-16-41(35)47-45/h3*1-27H. The molecule has 0 N–H and O–H groups in total. The summed E-state index contributed by atoms with van der Waals surface area (Å²) in [7, 11) is 0. The van der Waals surface area contributed by atoms with Gasteiger partial charge in [-0.05, 0) is 191 Å². The maximum absolute atomic E-state index is 6.27. The number of hydrogen-bond donors (Lipinski definition) is 0. The van der Waals surface area contributed by atoms with Crippen LogP contribution in [0.1, 0.15) is 0 Å². The molecule has 5 nitrogen and oxygen atoms in total. The normalized spacial score (nSPS) is 11.8. The van der Waals surface area contributed by atoms with E-state index in [-0.39, 0.29) is 14.5 Å². The first-order chi connectivity index (χ1) is 69.9. The van der Waals surface area contributed by atoms with Gasteiger partial charge < -0.3 is 8.83 Å². The van der Waals surface area contributed by atoms with Crippen molar-refractivity contribution in [2.45, 2.75) is 0 Å². The summed E-state index contributed by atoms with van der Waals surface area (Å²) in [6.45, 7) is 0. The first-order valence-electron chi connectivity index (χ1n) is 48.1. The van der Waals surface area contributed by atoms with Crippen molar-refractivity contribution < 1.29 is 8.83 Å². The molecule has 6 heterocycles. The molecule has 0 saturated heterocycles. The molecule has 24 aromatic carbocycles. The maximum atomic E-state index is 6.27. The molecule has 0 aliphatic rings. The van der Waals surface area contributed by atoms with Gasteiger partial charge in [-0.1, -0.05) is 261 Å². The van der Waals surface area contributed by atoms with Crippen molar-refractivity contribution in [1.29, 1.82) is 0 Å². The Hall–Kier alpha value is -18.0. The zero-order valence-corrected chi connectivity index (χ0v) is 78.0. The number of nitrogens with zero attached hydrogens (tertiary/aromatic N) is 3. The van der Waals surface area contributed by atoms with Gasteiger partial charge in [0.1, 0.15) is 16.7 Å². The van der Waals surface area contributed by atoms with Gasteiger partial charge in [0.05, 0.1) is 11.4 Å². The summed E-state index contributed by atoms with van der Waals surface area (Å²) in [5.41, 5.74) is 24.2. The first kappa shape index (κ1) is 81.3. The van der Waals surface area contributed by atoms with E-state index in [9.17, 15) is 0 Å². The molecule has 30 rings (SSSR count). The number of benzene rings is 24. The van der Waals surface area contributed by atoms with Crippen molar-refractivity contribution in [3.05, 3.63) is 492 Å². The number of fused-ring (bicyclic) bond motifs is 21. The van der Waals surface area contributed by atoms with Crippen LogP contribution in [-0.2, 0) is 0 Å². The Kier molecular flexibility index (Phi) is 19.3. The fraction of sp³-hybridized carbons (Fsp3) is 0. The second-order valence-corrected chi connectivity index (χ2v) is 39.2. The molecule has 0 radical (unpaired) electrons. The molecule has 0 fully saturated rings. The van der Waals surface area contributed by atoms with Crippen LogP contribution in [0.2, 0.25) is 0 Å². The Labute approximate surface area is 816 Å². The fourth-order valence-electron chi connectivity index (χ4n) is 22.3. The van der Waals surface area contributed by atoms with E-state index in [4.69, 9.17) is 23.8 Å². The first-order valence-corrected chi connectivity index (χ1v) is 49.8. The number of para-hydroxylation sites is 2. The van der Waals surface area contributed by atoms with E-state index < -0.39 is 0 Å². The van der Waals surface area contributed by atoms with Gasteiger partial charge in [-0.15, -0.1) is 0 Å². The minimum absolute atomic E-state index is 0.214. The summed E-state index contributed by atoms with van der Waals surface area (Å²) in [5, 5.41) is 36.7. The summed E-state index contributed by atoms with van der Waals surface area (Å²) in [4.78, 5) is 15.1. The van der Waals surface area contributed by atoms with Crippen molar-refractivity contribution in [2.75, 3.05) is 0 Å². The van der Waals surface area contributed by atoms with Crippen molar-refractivity contribution in [3.63, 3.8) is 0 Å². The molecule has 0 unspecified atom stereocenters.